The van der Waals surface area contributed by atoms with Gasteiger partial charge in [0.15, 0.2) is 0 Å². The molecule has 2 aromatic rings. The zero-order chi connectivity index (χ0) is 19.4. The molecule has 1 fully saturated rings. The van der Waals surface area contributed by atoms with Crippen molar-refractivity contribution < 1.29 is 9.18 Å². The number of nitrogens with zero attached hydrogens (tertiary/aromatic N) is 3. The molecular weight excluding hydrogens is 349 g/mol. The highest BCUT2D eigenvalue weighted by atomic mass is 19.1. The molecule has 1 aromatic heterocycles. The number of carbonyl (C=O) groups excluding carboxylic acids is 1. The topological polar surface area (TPSA) is 79.3 Å². The Balaban J connectivity index is 1.45. The van der Waals surface area contributed by atoms with Crippen LogP contribution in [0.5, 0.6) is 0 Å². The molecule has 2 heterocycles. The summed E-state index contributed by atoms with van der Waals surface area (Å²) in [6, 6.07) is 9.78. The highest BCUT2D eigenvalue weighted by Crippen LogP contribution is 2.24. The van der Waals surface area contributed by atoms with Gasteiger partial charge >= 0.3 is 0 Å². The summed E-state index contributed by atoms with van der Waals surface area (Å²) in [5.74, 6) is -0.436. The van der Waals surface area contributed by atoms with E-state index in [1.54, 1.807) is 24.1 Å². The van der Waals surface area contributed by atoms with Gasteiger partial charge in [-0.05, 0) is 43.0 Å². The summed E-state index contributed by atoms with van der Waals surface area (Å²) in [4.78, 5) is 25.4. The third-order valence-electron chi connectivity index (χ3n) is 4.83. The van der Waals surface area contributed by atoms with E-state index in [-0.39, 0.29) is 29.0 Å². The normalized spacial score (nSPS) is 19.2. The number of carbonyl (C=O) groups is 1. The fourth-order valence-electron chi connectivity index (χ4n) is 3.21. The molecule has 1 amide bonds. The van der Waals surface area contributed by atoms with Crippen molar-refractivity contribution in [3.63, 3.8) is 0 Å². The lowest BCUT2D eigenvalue weighted by molar-refractivity contribution is 0.0783. The molecular formula is C19H24FN5O2. The molecule has 2 unspecified atom stereocenters. The number of hydrazine groups is 1. The lowest BCUT2D eigenvalue weighted by Gasteiger charge is -2.18. The van der Waals surface area contributed by atoms with Crippen LogP contribution in [0.3, 0.4) is 0 Å². The first-order chi connectivity index (χ1) is 12.9. The summed E-state index contributed by atoms with van der Waals surface area (Å²) in [5, 5.41) is 3.99. The van der Waals surface area contributed by atoms with Gasteiger partial charge in [-0.15, -0.1) is 0 Å². The van der Waals surface area contributed by atoms with E-state index in [0.29, 0.717) is 12.6 Å². The molecule has 0 radical (unpaired) electrons. The molecule has 1 aliphatic heterocycles. The summed E-state index contributed by atoms with van der Waals surface area (Å²) < 4.78 is 14.2. The third-order valence-corrected chi connectivity index (χ3v) is 4.83. The van der Waals surface area contributed by atoms with Crippen LogP contribution in [-0.4, -0.2) is 40.2 Å². The van der Waals surface area contributed by atoms with Crippen LogP contribution in [0.1, 0.15) is 41.4 Å². The van der Waals surface area contributed by atoms with Crippen molar-refractivity contribution in [2.24, 2.45) is 7.05 Å². The number of hydrogen-bond donors (Lipinski definition) is 2. The average molecular weight is 373 g/mol. The first-order valence-electron chi connectivity index (χ1n) is 9.00. The van der Waals surface area contributed by atoms with Crippen LogP contribution in [0, 0.1) is 5.82 Å². The third kappa shape index (κ3) is 4.78. The van der Waals surface area contributed by atoms with Crippen molar-refractivity contribution in [3.8, 4) is 0 Å². The van der Waals surface area contributed by atoms with Gasteiger partial charge in [0, 0.05) is 38.8 Å². The van der Waals surface area contributed by atoms with Crippen LogP contribution in [0.15, 0.2) is 41.2 Å². The average Bonchev–Trinajstić information content (AvgIpc) is 3.12. The van der Waals surface area contributed by atoms with Gasteiger partial charge in [0.2, 0.25) is 0 Å². The summed E-state index contributed by atoms with van der Waals surface area (Å²) in [5.41, 5.74) is 7.59. The molecule has 0 spiro atoms. The zero-order valence-electron chi connectivity index (χ0n) is 15.5. The van der Waals surface area contributed by atoms with Crippen LogP contribution in [0.4, 0.5) is 4.39 Å². The molecule has 0 aliphatic carbocycles. The highest BCUT2D eigenvalue weighted by Gasteiger charge is 2.25. The molecule has 0 saturated carbocycles. The van der Waals surface area contributed by atoms with Gasteiger partial charge in [-0.2, -0.15) is 5.10 Å². The summed E-state index contributed by atoms with van der Waals surface area (Å²) in [6.45, 7) is 0.600. The highest BCUT2D eigenvalue weighted by molar-refractivity contribution is 5.91. The second-order valence-electron chi connectivity index (χ2n) is 6.87. The van der Waals surface area contributed by atoms with E-state index in [4.69, 9.17) is 0 Å². The fraction of sp³-hybridized carbons (Fsp3) is 0.421. The number of hydrogen-bond acceptors (Lipinski definition) is 5. The van der Waals surface area contributed by atoms with Crippen molar-refractivity contribution in [3.05, 3.63) is 63.8 Å². The molecule has 1 saturated heterocycles. The maximum Gasteiger partial charge on any atom is 0.274 e. The maximum atomic E-state index is 13.0. The number of benzene rings is 1. The van der Waals surface area contributed by atoms with E-state index in [2.05, 4.69) is 16.0 Å². The van der Waals surface area contributed by atoms with Gasteiger partial charge in [-0.3, -0.25) is 20.4 Å². The van der Waals surface area contributed by atoms with Crippen molar-refractivity contribution in [1.29, 1.82) is 0 Å². The second-order valence-corrected chi connectivity index (χ2v) is 6.87. The molecule has 27 heavy (non-hydrogen) atoms. The number of rotatable bonds is 6. The molecule has 1 aliphatic rings. The van der Waals surface area contributed by atoms with Crippen molar-refractivity contribution >= 4 is 5.91 Å². The Labute approximate surface area is 157 Å². The number of aromatic nitrogens is 2. The van der Waals surface area contributed by atoms with E-state index in [9.17, 15) is 14.0 Å². The number of aryl methyl sites for hydroxylation is 1. The first kappa shape index (κ1) is 19.2. The Morgan fingerprint density at radius 2 is 2.00 bits per heavy atom. The van der Waals surface area contributed by atoms with E-state index in [1.807, 2.05) is 0 Å². The standard InChI is InChI=1S/C19H24FN5O2/c1-24(19(27)16-9-10-18(26)25(2)23-16)11-3-4-15-12-17(22-21-15)13-5-7-14(20)8-6-13/h5-10,15,17,21-22H,3-4,11-12H2,1-2H3. The smallest absolute Gasteiger partial charge is 0.274 e. The Morgan fingerprint density at radius 3 is 2.70 bits per heavy atom. The maximum absolute atomic E-state index is 13.0. The van der Waals surface area contributed by atoms with Crippen LogP contribution in [0.2, 0.25) is 0 Å². The van der Waals surface area contributed by atoms with Gasteiger partial charge in [-0.1, -0.05) is 12.1 Å². The molecule has 2 atom stereocenters. The Morgan fingerprint density at radius 1 is 1.26 bits per heavy atom. The van der Waals surface area contributed by atoms with Gasteiger partial charge in [0.1, 0.15) is 11.5 Å². The molecule has 3 rings (SSSR count). The zero-order valence-corrected chi connectivity index (χ0v) is 15.5. The summed E-state index contributed by atoms with van der Waals surface area (Å²) >= 11 is 0. The molecule has 1 aromatic carbocycles. The quantitative estimate of drug-likeness (QED) is 0.800. The van der Waals surface area contributed by atoms with Crippen LogP contribution >= 0.6 is 0 Å². The Bertz CT molecular complexity index is 852. The SMILES string of the molecule is CN(CCCC1CC(c2ccc(F)cc2)NN1)C(=O)c1ccc(=O)n(C)n1. The van der Waals surface area contributed by atoms with E-state index in [0.717, 1.165) is 29.5 Å². The summed E-state index contributed by atoms with van der Waals surface area (Å²) in [7, 11) is 3.26. The Kier molecular flexibility index (Phi) is 5.98. The summed E-state index contributed by atoms with van der Waals surface area (Å²) in [6.07, 6.45) is 2.65. The molecule has 8 heteroatoms. The minimum absolute atomic E-state index is 0.157. The van der Waals surface area contributed by atoms with Crippen LogP contribution < -0.4 is 16.4 Å². The van der Waals surface area contributed by atoms with E-state index in [1.165, 1.54) is 31.3 Å². The van der Waals surface area contributed by atoms with Gasteiger partial charge in [-0.25, -0.2) is 9.07 Å². The minimum Gasteiger partial charge on any atom is -0.340 e. The van der Waals surface area contributed by atoms with Crippen molar-refractivity contribution in [2.45, 2.75) is 31.3 Å². The number of nitrogens with one attached hydrogen (secondary N) is 2. The predicted octanol–water partition coefficient (Wildman–Crippen LogP) is 1.38. The minimum atomic E-state index is -0.246. The second kappa shape index (κ2) is 8.41. The lowest BCUT2D eigenvalue weighted by Crippen LogP contribution is -2.33. The number of amides is 1. The first-order valence-corrected chi connectivity index (χ1v) is 9.00. The van der Waals surface area contributed by atoms with E-state index < -0.39 is 0 Å². The van der Waals surface area contributed by atoms with E-state index >= 15 is 0 Å². The molecule has 144 valence electrons. The Hall–Kier alpha value is -2.58. The monoisotopic (exact) mass is 373 g/mol. The van der Waals surface area contributed by atoms with Gasteiger partial charge in [0.25, 0.3) is 11.5 Å². The lowest BCUT2D eigenvalue weighted by atomic mass is 9.99. The largest absolute Gasteiger partial charge is 0.340 e. The van der Waals surface area contributed by atoms with Crippen molar-refractivity contribution in [2.75, 3.05) is 13.6 Å². The molecule has 0 bridgehead atoms. The van der Waals surface area contributed by atoms with Crippen LogP contribution in [0.25, 0.3) is 0 Å². The van der Waals surface area contributed by atoms with Crippen molar-refractivity contribution in [1.82, 2.24) is 25.5 Å². The van der Waals surface area contributed by atoms with Gasteiger partial charge in [0.05, 0.1) is 0 Å². The molecule has 2 N–H and O–H groups in total. The molecule has 7 nitrogen and oxygen atoms in total. The number of halogens is 1. The van der Waals surface area contributed by atoms with Gasteiger partial charge < -0.3 is 4.90 Å². The fourth-order valence-corrected chi connectivity index (χ4v) is 3.21. The predicted molar refractivity (Wildman–Crippen MR) is 99.5 cm³/mol. The van der Waals surface area contributed by atoms with Crippen LogP contribution in [-0.2, 0) is 7.05 Å².